The van der Waals surface area contributed by atoms with Gasteiger partial charge in [0.2, 0.25) is 0 Å². The topological polar surface area (TPSA) is 38.9 Å². The highest BCUT2D eigenvalue weighted by Gasteiger charge is 2.22. The minimum Gasteiger partial charge on any atom is -0.274 e. The molecule has 1 aromatic carbocycles. The molecule has 0 atom stereocenters. The van der Waals surface area contributed by atoms with Crippen LogP contribution in [0.3, 0.4) is 0 Å². The number of hydrogen-bond donors (Lipinski definition) is 1. The van der Waals surface area contributed by atoms with E-state index >= 15 is 0 Å². The smallest absolute Gasteiger partial charge is 0.151 e. The van der Waals surface area contributed by atoms with Crippen LogP contribution in [-0.4, -0.2) is 15.5 Å². The van der Waals surface area contributed by atoms with Gasteiger partial charge in [0.1, 0.15) is 0 Å². The summed E-state index contributed by atoms with van der Waals surface area (Å²) in [6.45, 7) is 0. The summed E-state index contributed by atoms with van der Waals surface area (Å²) in [6, 6.07) is 4.42. The van der Waals surface area contributed by atoms with Gasteiger partial charge in [0.05, 0.1) is 10.2 Å². The fourth-order valence-corrected chi connectivity index (χ4v) is 8.49. The fraction of sp³-hybridized carbons (Fsp3) is 0.632. The number of rotatable bonds is 5. The Morgan fingerprint density at radius 2 is 1.52 bits per heavy atom. The van der Waals surface area contributed by atoms with Crippen molar-refractivity contribution in [1.29, 1.82) is 0 Å². The van der Waals surface area contributed by atoms with E-state index in [1.165, 1.54) is 101 Å². The van der Waals surface area contributed by atoms with Gasteiger partial charge in [0.25, 0.3) is 0 Å². The fourth-order valence-electron chi connectivity index (χ4n) is 3.86. The Bertz CT molecular complexity index is 703. The maximum absolute atomic E-state index is 5.98. The molecular formula is C19H26N2S4. The van der Waals surface area contributed by atoms with E-state index in [4.69, 9.17) is 10.1 Å². The predicted octanol–water partition coefficient (Wildman–Crippen LogP) is 7.11. The van der Waals surface area contributed by atoms with E-state index in [1.807, 2.05) is 34.9 Å². The standard InChI is InChI=1S/C19H26N2S4/c20-25-16-12-11-15-17(18(16)22-13-7-3-1-4-8-13)21-19(24-15)23-14-9-5-2-6-10-14/h11-14H,1-10,20H2. The molecule has 136 valence electrons. The summed E-state index contributed by atoms with van der Waals surface area (Å²) in [5, 5.41) is 7.48. The molecule has 2 aromatic rings. The largest absolute Gasteiger partial charge is 0.274 e. The molecule has 2 aliphatic carbocycles. The number of fused-ring (bicyclic) bond motifs is 1. The maximum atomic E-state index is 5.98. The molecule has 2 N–H and O–H groups in total. The van der Waals surface area contributed by atoms with E-state index < -0.39 is 0 Å². The highest BCUT2D eigenvalue weighted by atomic mass is 32.2. The number of thioether (sulfide) groups is 2. The average Bonchev–Trinajstić information content (AvgIpc) is 3.06. The first-order chi connectivity index (χ1) is 12.3. The maximum Gasteiger partial charge on any atom is 0.151 e. The summed E-state index contributed by atoms with van der Waals surface area (Å²) in [5.41, 5.74) is 1.20. The first-order valence-corrected chi connectivity index (χ1v) is 12.9. The van der Waals surface area contributed by atoms with Crippen molar-refractivity contribution >= 4 is 57.0 Å². The molecular weight excluding hydrogens is 384 g/mol. The van der Waals surface area contributed by atoms with Gasteiger partial charge in [-0.1, -0.05) is 50.3 Å². The molecule has 0 bridgehead atoms. The van der Waals surface area contributed by atoms with Gasteiger partial charge in [-0.15, -0.1) is 23.1 Å². The molecule has 2 aliphatic rings. The number of benzene rings is 1. The summed E-state index contributed by atoms with van der Waals surface area (Å²) in [6.07, 6.45) is 13.7. The molecule has 2 fully saturated rings. The molecule has 2 saturated carbocycles. The van der Waals surface area contributed by atoms with Gasteiger partial charge in [0, 0.05) is 20.3 Å². The number of nitrogens with zero attached hydrogens (tertiary/aromatic N) is 1. The van der Waals surface area contributed by atoms with Gasteiger partial charge in [-0.05, 0) is 49.8 Å². The van der Waals surface area contributed by atoms with Crippen molar-refractivity contribution in [1.82, 2.24) is 4.98 Å². The SMILES string of the molecule is NSc1ccc2sc(SC3CCCCC3)nc2c1SC1CCCCC1. The second kappa shape index (κ2) is 8.87. The number of aromatic nitrogens is 1. The van der Waals surface area contributed by atoms with Gasteiger partial charge in [-0.25, -0.2) is 4.98 Å². The van der Waals surface area contributed by atoms with Crippen LogP contribution in [0.4, 0.5) is 0 Å². The number of nitrogens with two attached hydrogens (primary N) is 1. The normalized spacial score (nSPS) is 20.4. The van der Waals surface area contributed by atoms with Gasteiger partial charge >= 0.3 is 0 Å². The summed E-state index contributed by atoms with van der Waals surface area (Å²) < 4.78 is 2.58. The Balaban J connectivity index is 1.59. The minimum absolute atomic E-state index is 0.737. The van der Waals surface area contributed by atoms with Crippen LogP contribution in [0, 0.1) is 0 Å². The third-order valence-corrected chi connectivity index (χ3v) is 9.87. The number of thiazole rings is 1. The van der Waals surface area contributed by atoms with Crippen LogP contribution >= 0.6 is 46.8 Å². The predicted molar refractivity (Wildman–Crippen MR) is 115 cm³/mol. The Morgan fingerprint density at radius 3 is 2.16 bits per heavy atom. The van der Waals surface area contributed by atoms with E-state index in [-0.39, 0.29) is 0 Å². The Kier molecular flexibility index (Phi) is 6.56. The average molecular weight is 411 g/mol. The lowest BCUT2D eigenvalue weighted by Gasteiger charge is -2.22. The highest BCUT2D eigenvalue weighted by Crippen LogP contribution is 2.44. The Hall–Kier alpha value is 0.120. The summed E-state index contributed by atoms with van der Waals surface area (Å²) in [7, 11) is 0. The summed E-state index contributed by atoms with van der Waals surface area (Å²) >= 11 is 7.31. The van der Waals surface area contributed by atoms with E-state index in [0.717, 1.165) is 10.5 Å². The van der Waals surface area contributed by atoms with Crippen molar-refractivity contribution in [2.75, 3.05) is 0 Å². The van der Waals surface area contributed by atoms with E-state index in [2.05, 4.69) is 12.1 Å². The van der Waals surface area contributed by atoms with Crippen LogP contribution in [0.15, 0.2) is 26.3 Å². The monoisotopic (exact) mass is 410 g/mol. The molecule has 0 unspecified atom stereocenters. The molecule has 4 rings (SSSR count). The molecule has 6 heteroatoms. The first kappa shape index (κ1) is 18.5. The molecule has 1 aromatic heterocycles. The quantitative estimate of drug-likeness (QED) is 0.532. The Labute approximate surface area is 167 Å². The molecule has 2 nitrogen and oxygen atoms in total. The Morgan fingerprint density at radius 1 is 0.880 bits per heavy atom. The van der Waals surface area contributed by atoms with Gasteiger partial charge in [-0.2, -0.15) is 0 Å². The molecule has 0 saturated heterocycles. The van der Waals surface area contributed by atoms with E-state index in [1.54, 1.807) is 0 Å². The van der Waals surface area contributed by atoms with Gasteiger partial charge < -0.3 is 0 Å². The molecule has 1 heterocycles. The zero-order valence-electron chi connectivity index (χ0n) is 14.5. The van der Waals surface area contributed by atoms with Gasteiger partial charge in [0.15, 0.2) is 4.34 Å². The minimum atomic E-state index is 0.737. The van der Waals surface area contributed by atoms with Gasteiger partial charge in [-0.3, -0.25) is 5.14 Å². The molecule has 0 aliphatic heterocycles. The van der Waals surface area contributed by atoms with Crippen molar-refractivity contribution in [3.8, 4) is 0 Å². The lowest BCUT2D eigenvalue weighted by molar-refractivity contribution is 0.516. The van der Waals surface area contributed by atoms with Crippen molar-refractivity contribution in [3.05, 3.63) is 12.1 Å². The van der Waals surface area contributed by atoms with Crippen molar-refractivity contribution in [2.45, 2.75) is 88.8 Å². The first-order valence-electron chi connectivity index (χ1n) is 9.47. The lowest BCUT2D eigenvalue weighted by atomic mass is 10.0. The lowest BCUT2D eigenvalue weighted by Crippen LogP contribution is -2.08. The van der Waals surface area contributed by atoms with Crippen LogP contribution in [0.25, 0.3) is 10.2 Å². The third kappa shape index (κ3) is 4.52. The highest BCUT2D eigenvalue weighted by molar-refractivity contribution is 8.02. The second-order valence-corrected chi connectivity index (χ2v) is 11.7. The van der Waals surface area contributed by atoms with E-state index in [0.29, 0.717) is 0 Å². The summed E-state index contributed by atoms with van der Waals surface area (Å²) in [5.74, 6) is 0. The molecule has 0 spiro atoms. The van der Waals surface area contributed by atoms with Crippen molar-refractivity contribution in [2.24, 2.45) is 5.14 Å². The van der Waals surface area contributed by atoms with Crippen LogP contribution < -0.4 is 5.14 Å². The van der Waals surface area contributed by atoms with Crippen LogP contribution in [0.5, 0.6) is 0 Å². The van der Waals surface area contributed by atoms with Crippen LogP contribution in [0.2, 0.25) is 0 Å². The molecule has 25 heavy (non-hydrogen) atoms. The van der Waals surface area contributed by atoms with Crippen LogP contribution in [-0.2, 0) is 0 Å². The molecule has 0 amide bonds. The zero-order valence-corrected chi connectivity index (χ0v) is 17.8. The number of hydrogen-bond acceptors (Lipinski definition) is 6. The van der Waals surface area contributed by atoms with Crippen molar-refractivity contribution in [3.63, 3.8) is 0 Å². The third-order valence-electron chi connectivity index (χ3n) is 5.24. The summed E-state index contributed by atoms with van der Waals surface area (Å²) in [4.78, 5) is 7.61. The second-order valence-electron chi connectivity index (χ2n) is 7.09. The zero-order chi connectivity index (χ0) is 17.1. The van der Waals surface area contributed by atoms with Crippen molar-refractivity contribution < 1.29 is 0 Å². The van der Waals surface area contributed by atoms with E-state index in [9.17, 15) is 0 Å². The van der Waals surface area contributed by atoms with Crippen LogP contribution in [0.1, 0.15) is 64.2 Å². The molecule has 0 radical (unpaired) electrons.